The van der Waals surface area contributed by atoms with E-state index in [4.69, 9.17) is 4.74 Å². The van der Waals surface area contributed by atoms with E-state index in [1.54, 1.807) is 7.05 Å². The van der Waals surface area contributed by atoms with Crippen LogP contribution in [0.3, 0.4) is 0 Å². The zero-order valence-corrected chi connectivity index (χ0v) is 12.4. The molecule has 106 valence electrons. The third-order valence-corrected chi connectivity index (χ3v) is 3.04. The van der Waals surface area contributed by atoms with Crippen molar-refractivity contribution in [1.29, 1.82) is 0 Å². The van der Waals surface area contributed by atoms with Crippen LogP contribution in [0.4, 0.5) is 5.95 Å². The molecule has 1 aromatic carbocycles. The first-order chi connectivity index (χ1) is 9.63. The van der Waals surface area contributed by atoms with E-state index in [1.165, 1.54) is 11.1 Å². The lowest BCUT2D eigenvalue weighted by molar-refractivity contribution is 0.292. The van der Waals surface area contributed by atoms with E-state index in [0.717, 1.165) is 12.0 Å². The molecule has 0 unspecified atom stereocenters. The fraction of sp³-hybridized carbons (Fsp3) is 0.400. The lowest BCUT2D eigenvalue weighted by Crippen LogP contribution is -2.06. The number of rotatable bonds is 5. The predicted octanol–water partition coefficient (Wildman–Crippen LogP) is 2.99. The molecule has 1 N–H and O–H groups in total. The molecule has 0 amide bonds. The van der Waals surface area contributed by atoms with Crippen LogP contribution in [0.15, 0.2) is 18.2 Å². The molecule has 5 nitrogen and oxygen atoms in total. The number of hydrogen-bond donors (Lipinski definition) is 1. The van der Waals surface area contributed by atoms with E-state index in [9.17, 15) is 0 Å². The highest BCUT2D eigenvalue weighted by molar-refractivity contribution is 5.58. The van der Waals surface area contributed by atoms with Crippen LogP contribution in [0.1, 0.15) is 24.5 Å². The number of aryl methyl sites for hydroxylation is 2. The lowest BCUT2D eigenvalue weighted by Gasteiger charge is -2.08. The molecule has 2 rings (SSSR count). The van der Waals surface area contributed by atoms with Gasteiger partial charge in [-0.25, -0.2) is 0 Å². The summed E-state index contributed by atoms with van der Waals surface area (Å²) in [7, 11) is 1.78. The molecule has 0 radical (unpaired) electrons. The molecule has 0 bridgehead atoms. The molecule has 0 aliphatic rings. The van der Waals surface area contributed by atoms with Gasteiger partial charge in [0.25, 0.3) is 0 Å². The van der Waals surface area contributed by atoms with Gasteiger partial charge >= 0.3 is 6.01 Å². The van der Waals surface area contributed by atoms with E-state index in [-0.39, 0.29) is 0 Å². The molecule has 1 aromatic heterocycles. The molecular weight excluding hydrogens is 252 g/mol. The standard InChI is InChI=1S/C15H20N4O/c1-5-8-20-15-18-13(17-14(16-4)19-15)12-7-6-10(2)11(3)9-12/h6-7,9H,5,8H2,1-4H3,(H,16,17,18,19). The minimum atomic E-state index is 0.361. The van der Waals surface area contributed by atoms with Crippen LogP contribution in [0.5, 0.6) is 6.01 Å². The van der Waals surface area contributed by atoms with Crippen molar-refractivity contribution in [3.63, 3.8) is 0 Å². The summed E-state index contributed by atoms with van der Waals surface area (Å²) in [5.41, 5.74) is 3.43. The first kappa shape index (κ1) is 14.2. The minimum Gasteiger partial charge on any atom is -0.463 e. The molecule has 2 aromatic rings. The van der Waals surface area contributed by atoms with Crippen molar-refractivity contribution in [2.24, 2.45) is 0 Å². The zero-order valence-electron chi connectivity index (χ0n) is 12.4. The fourth-order valence-electron chi connectivity index (χ4n) is 1.74. The predicted molar refractivity (Wildman–Crippen MR) is 80.1 cm³/mol. The molecule has 0 aliphatic heterocycles. The minimum absolute atomic E-state index is 0.361. The Morgan fingerprint density at radius 2 is 1.90 bits per heavy atom. The molecule has 0 saturated carbocycles. The van der Waals surface area contributed by atoms with Crippen LogP contribution in [0.25, 0.3) is 11.4 Å². The number of hydrogen-bond acceptors (Lipinski definition) is 5. The Morgan fingerprint density at radius 1 is 1.10 bits per heavy atom. The highest BCUT2D eigenvalue weighted by atomic mass is 16.5. The van der Waals surface area contributed by atoms with Gasteiger partial charge in [0.2, 0.25) is 5.95 Å². The van der Waals surface area contributed by atoms with E-state index >= 15 is 0 Å². The topological polar surface area (TPSA) is 59.9 Å². The molecule has 0 atom stereocenters. The third-order valence-electron chi connectivity index (χ3n) is 3.04. The van der Waals surface area contributed by atoms with Crippen molar-refractivity contribution in [2.45, 2.75) is 27.2 Å². The first-order valence-electron chi connectivity index (χ1n) is 6.78. The summed E-state index contributed by atoms with van der Waals surface area (Å²) in [6.07, 6.45) is 0.916. The SMILES string of the molecule is CCCOc1nc(NC)nc(-c2ccc(C)c(C)c2)n1. The van der Waals surface area contributed by atoms with Crippen LogP contribution in [-0.2, 0) is 0 Å². The van der Waals surface area contributed by atoms with Crippen LogP contribution in [-0.4, -0.2) is 28.6 Å². The molecule has 20 heavy (non-hydrogen) atoms. The summed E-state index contributed by atoms with van der Waals surface area (Å²) >= 11 is 0. The van der Waals surface area contributed by atoms with Crippen molar-refractivity contribution < 1.29 is 4.74 Å². The Labute approximate surface area is 119 Å². The molecule has 1 heterocycles. The maximum Gasteiger partial charge on any atom is 0.321 e. The summed E-state index contributed by atoms with van der Waals surface area (Å²) < 4.78 is 5.51. The lowest BCUT2D eigenvalue weighted by atomic mass is 10.1. The van der Waals surface area contributed by atoms with E-state index in [2.05, 4.69) is 46.2 Å². The Bertz CT molecular complexity index is 598. The second kappa shape index (κ2) is 6.32. The summed E-state index contributed by atoms with van der Waals surface area (Å²) in [6, 6.07) is 6.52. The zero-order chi connectivity index (χ0) is 14.5. The fourth-order valence-corrected chi connectivity index (χ4v) is 1.74. The summed E-state index contributed by atoms with van der Waals surface area (Å²) in [5, 5.41) is 2.94. The van der Waals surface area contributed by atoms with Gasteiger partial charge in [0.15, 0.2) is 5.82 Å². The van der Waals surface area contributed by atoms with Crippen molar-refractivity contribution in [2.75, 3.05) is 19.0 Å². The number of anilines is 1. The van der Waals surface area contributed by atoms with Crippen molar-refractivity contribution in [3.8, 4) is 17.4 Å². The van der Waals surface area contributed by atoms with Crippen molar-refractivity contribution in [3.05, 3.63) is 29.3 Å². The molecule has 5 heteroatoms. The van der Waals surface area contributed by atoms with Gasteiger partial charge < -0.3 is 10.1 Å². The summed E-state index contributed by atoms with van der Waals surface area (Å²) in [5.74, 6) is 1.14. The molecule has 0 aliphatic carbocycles. The normalized spacial score (nSPS) is 10.4. The number of nitrogens with one attached hydrogen (secondary N) is 1. The van der Waals surface area contributed by atoms with Crippen LogP contribution < -0.4 is 10.1 Å². The second-order valence-corrected chi connectivity index (χ2v) is 4.66. The van der Waals surface area contributed by atoms with Crippen LogP contribution in [0, 0.1) is 13.8 Å². The number of aromatic nitrogens is 3. The summed E-state index contributed by atoms with van der Waals surface area (Å²) in [6.45, 7) is 6.80. The van der Waals surface area contributed by atoms with Crippen LogP contribution >= 0.6 is 0 Å². The average molecular weight is 272 g/mol. The molecular formula is C15H20N4O. The van der Waals surface area contributed by atoms with Gasteiger partial charge in [0.1, 0.15) is 0 Å². The van der Waals surface area contributed by atoms with Gasteiger partial charge in [0.05, 0.1) is 6.61 Å². The molecule has 0 fully saturated rings. The van der Waals surface area contributed by atoms with Gasteiger partial charge in [0, 0.05) is 12.6 Å². The van der Waals surface area contributed by atoms with Crippen molar-refractivity contribution >= 4 is 5.95 Å². The van der Waals surface area contributed by atoms with Gasteiger partial charge in [-0.05, 0) is 37.5 Å². The van der Waals surface area contributed by atoms with Crippen molar-refractivity contribution in [1.82, 2.24) is 15.0 Å². The Balaban J connectivity index is 2.41. The van der Waals surface area contributed by atoms with E-state index in [1.807, 2.05) is 13.0 Å². The van der Waals surface area contributed by atoms with Gasteiger partial charge in [-0.15, -0.1) is 0 Å². The van der Waals surface area contributed by atoms with E-state index < -0.39 is 0 Å². The maximum atomic E-state index is 5.51. The molecule has 0 saturated heterocycles. The Hall–Kier alpha value is -2.17. The average Bonchev–Trinajstić information content (AvgIpc) is 2.47. The van der Waals surface area contributed by atoms with E-state index in [0.29, 0.717) is 24.4 Å². The highest BCUT2D eigenvalue weighted by Gasteiger charge is 2.09. The quantitative estimate of drug-likeness (QED) is 0.906. The summed E-state index contributed by atoms with van der Waals surface area (Å²) in [4.78, 5) is 13.0. The highest BCUT2D eigenvalue weighted by Crippen LogP contribution is 2.21. The molecule has 0 spiro atoms. The number of nitrogens with zero attached hydrogens (tertiary/aromatic N) is 3. The number of ether oxygens (including phenoxy) is 1. The first-order valence-corrected chi connectivity index (χ1v) is 6.78. The van der Waals surface area contributed by atoms with Gasteiger partial charge in [-0.2, -0.15) is 15.0 Å². The van der Waals surface area contributed by atoms with Crippen LogP contribution in [0.2, 0.25) is 0 Å². The third kappa shape index (κ3) is 3.23. The smallest absolute Gasteiger partial charge is 0.321 e. The monoisotopic (exact) mass is 272 g/mol. The van der Waals surface area contributed by atoms with Gasteiger partial charge in [-0.1, -0.05) is 19.1 Å². The van der Waals surface area contributed by atoms with Gasteiger partial charge in [-0.3, -0.25) is 0 Å². The Morgan fingerprint density at radius 3 is 2.55 bits per heavy atom. The Kier molecular flexibility index (Phi) is 4.50. The second-order valence-electron chi connectivity index (χ2n) is 4.66. The maximum absolute atomic E-state index is 5.51. The largest absolute Gasteiger partial charge is 0.463 e. The number of benzene rings is 1.